The van der Waals surface area contributed by atoms with E-state index in [0.29, 0.717) is 34.8 Å². The van der Waals surface area contributed by atoms with Gasteiger partial charge in [-0.25, -0.2) is 0 Å². The molecule has 1 aromatic carbocycles. The first-order chi connectivity index (χ1) is 15.0. The Bertz CT molecular complexity index is 874. The highest BCUT2D eigenvalue weighted by Gasteiger charge is 2.20. The van der Waals surface area contributed by atoms with E-state index in [1.807, 2.05) is 25.1 Å². The van der Waals surface area contributed by atoms with Gasteiger partial charge in [-0.3, -0.25) is 15.1 Å². The van der Waals surface area contributed by atoms with Gasteiger partial charge in [0.2, 0.25) is 0 Å². The summed E-state index contributed by atoms with van der Waals surface area (Å²) in [6.07, 6.45) is 2.50. The zero-order valence-electron chi connectivity index (χ0n) is 18.5. The number of carbonyl (C=O) groups is 1. The van der Waals surface area contributed by atoms with Gasteiger partial charge in [0.05, 0.1) is 26.2 Å². The minimum Gasteiger partial charge on any atom is -0.469 e. The van der Waals surface area contributed by atoms with Gasteiger partial charge in [-0.15, -0.1) is 0 Å². The number of benzene rings is 1. The molecule has 0 aliphatic heterocycles. The first-order valence-electron chi connectivity index (χ1n) is 9.54. The maximum Gasteiger partial charge on any atom is 0.310 e. The molecule has 9 nitrogen and oxygen atoms in total. The van der Waals surface area contributed by atoms with Crippen LogP contribution in [0.1, 0.15) is 18.2 Å². The molecule has 0 fully saturated rings. The van der Waals surface area contributed by atoms with Gasteiger partial charge in [-0.1, -0.05) is 6.08 Å². The number of rotatable bonds is 13. The molecule has 0 spiro atoms. The van der Waals surface area contributed by atoms with Gasteiger partial charge < -0.3 is 28.1 Å². The molecule has 170 valence electrons. The van der Waals surface area contributed by atoms with Crippen molar-refractivity contribution in [1.82, 2.24) is 5.48 Å². The number of ether oxygens (including phenoxy) is 5. The normalized spacial score (nSPS) is 11.3. The Morgan fingerprint density at radius 3 is 2.48 bits per heavy atom. The number of hydrogen-bond donors (Lipinski definition) is 1. The number of methoxy groups -OCH3 is 3. The fourth-order valence-corrected chi connectivity index (χ4v) is 2.82. The Morgan fingerprint density at radius 2 is 1.81 bits per heavy atom. The molecule has 31 heavy (non-hydrogen) atoms. The van der Waals surface area contributed by atoms with Crippen LogP contribution < -0.4 is 15.0 Å². The Labute approximate surface area is 181 Å². The number of furan rings is 1. The van der Waals surface area contributed by atoms with Gasteiger partial charge in [-0.2, -0.15) is 0 Å². The summed E-state index contributed by atoms with van der Waals surface area (Å²) in [5.74, 6) is 1.80. The van der Waals surface area contributed by atoms with Crippen molar-refractivity contribution in [3.05, 3.63) is 47.4 Å². The Hall–Kier alpha value is -3.01. The van der Waals surface area contributed by atoms with Crippen LogP contribution in [0.5, 0.6) is 11.5 Å². The lowest BCUT2D eigenvalue weighted by Gasteiger charge is -2.16. The van der Waals surface area contributed by atoms with E-state index >= 15 is 0 Å². The molecule has 0 saturated carbocycles. The SMILES string of the molecule is COCOc1cc(CC(=O)OC)c(-c2ccc(CC=C(C)NOC)o2)c(OCOC)c1. The van der Waals surface area contributed by atoms with Crippen molar-refractivity contribution in [3.8, 4) is 22.8 Å². The van der Waals surface area contributed by atoms with E-state index in [-0.39, 0.29) is 20.0 Å². The molecule has 1 heterocycles. The predicted molar refractivity (Wildman–Crippen MR) is 112 cm³/mol. The summed E-state index contributed by atoms with van der Waals surface area (Å²) in [5, 5.41) is 0. The van der Waals surface area contributed by atoms with Crippen LogP contribution in [0.3, 0.4) is 0 Å². The first-order valence-corrected chi connectivity index (χ1v) is 9.54. The summed E-state index contributed by atoms with van der Waals surface area (Å²) in [6.45, 7) is 1.95. The van der Waals surface area contributed by atoms with Crippen LogP contribution in [-0.2, 0) is 36.7 Å². The quantitative estimate of drug-likeness (QED) is 0.289. The molecular formula is C22H29NO8. The van der Waals surface area contributed by atoms with Crippen LogP contribution in [0.4, 0.5) is 0 Å². The lowest BCUT2D eigenvalue weighted by molar-refractivity contribution is -0.139. The molecule has 0 radical (unpaired) electrons. The predicted octanol–water partition coefficient (Wildman–Crippen LogP) is 3.22. The van der Waals surface area contributed by atoms with Crippen molar-refractivity contribution >= 4 is 5.97 Å². The summed E-state index contributed by atoms with van der Waals surface area (Å²) >= 11 is 0. The summed E-state index contributed by atoms with van der Waals surface area (Å²) in [7, 11) is 5.93. The third-order valence-corrected chi connectivity index (χ3v) is 4.18. The number of carbonyl (C=O) groups excluding carboxylic acids is 1. The van der Waals surface area contributed by atoms with Crippen molar-refractivity contribution in [2.75, 3.05) is 42.0 Å². The van der Waals surface area contributed by atoms with Crippen molar-refractivity contribution < 1.29 is 37.7 Å². The van der Waals surface area contributed by atoms with Crippen molar-refractivity contribution in [2.24, 2.45) is 0 Å². The Balaban J connectivity index is 2.46. The molecule has 0 bridgehead atoms. The largest absolute Gasteiger partial charge is 0.469 e. The van der Waals surface area contributed by atoms with E-state index in [4.69, 9.17) is 32.9 Å². The van der Waals surface area contributed by atoms with Gasteiger partial charge in [0, 0.05) is 32.4 Å². The van der Waals surface area contributed by atoms with Crippen molar-refractivity contribution in [3.63, 3.8) is 0 Å². The lowest BCUT2D eigenvalue weighted by atomic mass is 10.0. The zero-order chi connectivity index (χ0) is 22.6. The molecule has 2 rings (SSSR count). The number of hydroxylamine groups is 1. The number of hydrogen-bond acceptors (Lipinski definition) is 9. The highest BCUT2D eigenvalue weighted by molar-refractivity contribution is 5.80. The van der Waals surface area contributed by atoms with E-state index in [2.05, 4.69) is 5.48 Å². The monoisotopic (exact) mass is 435 g/mol. The average molecular weight is 435 g/mol. The van der Waals surface area contributed by atoms with E-state index in [1.54, 1.807) is 19.2 Å². The number of nitrogens with one attached hydrogen (secondary N) is 1. The van der Waals surface area contributed by atoms with Crippen LogP contribution in [-0.4, -0.2) is 48.0 Å². The van der Waals surface area contributed by atoms with E-state index < -0.39 is 5.97 Å². The first kappa shape index (κ1) is 24.3. The second kappa shape index (κ2) is 12.6. The third-order valence-electron chi connectivity index (χ3n) is 4.18. The number of allylic oxidation sites excluding steroid dienone is 2. The maximum absolute atomic E-state index is 12.0. The van der Waals surface area contributed by atoms with Crippen molar-refractivity contribution in [1.29, 1.82) is 0 Å². The molecule has 0 atom stereocenters. The highest BCUT2D eigenvalue weighted by atomic mass is 16.7. The van der Waals surface area contributed by atoms with E-state index in [1.165, 1.54) is 21.3 Å². The second-order valence-corrected chi connectivity index (χ2v) is 6.47. The van der Waals surface area contributed by atoms with Crippen LogP contribution in [0.2, 0.25) is 0 Å². The average Bonchev–Trinajstić information content (AvgIpc) is 3.23. The summed E-state index contributed by atoms with van der Waals surface area (Å²) < 4.78 is 32.3. The molecule has 0 unspecified atom stereocenters. The van der Waals surface area contributed by atoms with Crippen LogP contribution in [0, 0.1) is 0 Å². The maximum atomic E-state index is 12.0. The molecule has 0 saturated heterocycles. The summed E-state index contributed by atoms with van der Waals surface area (Å²) in [4.78, 5) is 16.9. The van der Waals surface area contributed by atoms with Crippen molar-refractivity contribution in [2.45, 2.75) is 19.8 Å². The fourth-order valence-electron chi connectivity index (χ4n) is 2.82. The second-order valence-electron chi connectivity index (χ2n) is 6.47. The molecule has 0 amide bonds. The molecule has 2 aromatic rings. The number of esters is 1. The Kier molecular flexibility index (Phi) is 9.89. The summed E-state index contributed by atoms with van der Waals surface area (Å²) in [5.41, 5.74) is 4.86. The molecular weight excluding hydrogens is 406 g/mol. The summed E-state index contributed by atoms with van der Waals surface area (Å²) in [6, 6.07) is 7.12. The standard InChI is InChI=1S/C22H29NO8/c1-15(23-28-5)6-7-17-8-9-19(31-17)22-16(11-21(24)27-4)10-18(29-13-25-2)12-20(22)30-14-26-3/h6,8-10,12,23H,7,11,13-14H2,1-5H3. The highest BCUT2D eigenvalue weighted by Crippen LogP contribution is 2.39. The minimum atomic E-state index is -0.404. The molecule has 9 heteroatoms. The molecule has 1 aromatic heterocycles. The Morgan fingerprint density at radius 1 is 1.06 bits per heavy atom. The zero-order valence-corrected chi connectivity index (χ0v) is 18.5. The van der Waals surface area contributed by atoms with Gasteiger partial charge in [0.25, 0.3) is 0 Å². The van der Waals surface area contributed by atoms with Gasteiger partial charge in [0.15, 0.2) is 13.6 Å². The minimum absolute atomic E-state index is 0.00611. The molecule has 1 N–H and O–H groups in total. The lowest BCUT2D eigenvalue weighted by Crippen LogP contribution is -2.09. The van der Waals surface area contributed by atoms with Gasteiger partial charge in [0.1, 0.15) is 23.0 Å². The van der Waals surface area contributed by atoms with Crippen LogP contribution >= 0.6 is 0 Å². The van der Waals surface area contributed by atoms with E-state index in [9.17, 15) is 4.79 Å². The smallest absolute Gasteiger partial charge is 0.310 e. The van der Waals surface area contributed by atoms with E-state index in [0.717, 1.165) is 11.5 Å². The van der Waals surface area contributed by atoms with Gasteiger partial charge >= 0.3 is 5.97 Å². The molecule has 0 aliphatic carbocycles. The van der Waals surface area contributed by atoms with Crippen LogP contribution in [0.15, 0.2) is 40.5 Å². The molecule has 0 aliphatic rings. The van der Waals surface area contributed by atoms with Gasteiger partial charge in [-0.05, 0) is 30.7 Å². The topological polar surface area (TPSA) is 97.6 Å². The third kappa shape index (κ3) is 7.32. The fraction of sp³-hybridized carbons (Fsp3) is 0.409. The van der Waals surface area contributed by atoms with Crippen LogP contribution in [0.25, 0.3) is 11.3 Å².